The summed E-state index contributed by atoms with van der Waals surface area (Å²) in [5.41, 5.74) is 0. The second-order valence-corrected chi connectivity index (χ2v) is 6.32. The summed E-state index contributed by atoms with van der Waals surface area (Å²) < 4.78 is 0. The molecule has 118 valence electrons. The molecule has 3 heteroatoms. The van der Waals surface area contributed by atoms with Crippen LogP contribution in [0.5, 0.6) is 0 Å². The lowest BCUT2D eigenvalue weighted by Crippen LogP contribution is -2.47. The Kier molecular flexibility index (Phi) is 9.73. The molecule has 1 fully saturated rings. The minimum atomic E-state index is 0.115. The second-order valence-electron chi connectivity index (χ2n) is 6.32. The van der Waals surface area contributed by atoms with E-state index in [0.717, 1.165) is 13.0 Å². The minimum absolute atomic E-state index is 0.115. The van der Waals surface area contributed by atoms with E-state index in [1.54, 1.807) is 6.92 Å². The topological polar surface area (TPSA) is 32.3 Å². The van der Waals surface area contributed by atoms with Gasteiger partial charge in [0.2, 0.25) is 5.91 Å². The van der Waals surface area contributed by atoms with Gasteiger partial charge in [0.25, 0.3) is 0 Å². The van der Waals surface area contributed by atoms with E-state index in [1.807, 2.05) is 0 Å². The van der Waals surface area contributed by atoms with E-state index in [-0.39, 0.29) is 5.91 Å². The van der Waals surface area contributed by atoms with Crippen LogP contribution >= 0.6 is 0 Å². The molecular weight excluding hydrogens is 248 g/mol. The number of hydrogen-bond acceptors (Lipinski definition) is 2. The molecule has 1 rings (SSSR count). The molecule has 0 bridgehead atoms. The summed E-state index contributed by atoms with van der Waals surface area (Å²) in [4.78, 5) is 13.6. The lowest BCUT2D eigenvalue weighted by atomic mass is 10.0. The van der Waals surface area contributed by atoms with Crippen LogP contribution in [-0.2, 0) is 4.79 Å². The maximum Gasteiger partial charge on any atom is 0.217 e. The van der Waals surface area contributed by atoms with Crippen LogP contribution in [0.3, 0.4) is 0 Å². The molecule has 1 saturated heterocycles. The van der Waals surface area contributed by atoms with Crippen molar-refractivity contribution < 1.29 is 4.79 Å². The Labute approximate surface area is 125 Å². The molecule has 20 heavy (non-hydrogen) atoms. The molecule has 1 atom stereocenters. The van der Waals surface area contributed by atoms with Crippen LogP contribution in [0.2, 0.25) is 0 Å². The monoisotopic (exact) mass is 282 g/mol. The highest BCUT2D eigenvalue weighted by Crippen LogP contribution is 2.13. The van der Waals surface area contributed by atoms with Crippen molar-refractivity contribution in [3.63, 3.8) is 0 Å². The molecule has 0 aromatic heterocycles. The van der Waals surface area contributed by atoms with E-state index in [2.05, 4.69) is 17.1 Å². The fraction of sp³-hybridized carbons (Fsp3) is 0.941. The Morgan fingerprint density at radius 2 is 1.75 bits per heavy atom. The molecule has 0 unspecified atom stereocenters. The van der Waals surface area contributed by atoms with Gasteiger partial charge in [0.05, 0.1) is 0 Å². The average Bonchev–Trinajstić information content (AvgIpc) is 2.41. The summed E-state index contributed by atoms with van der Waals surface area (Å²) in [5.74, 6) is 0.115. The Balaban J connectivity index is 1.97. The maximum atomic E-state index is 11.1. The standard InChI is InChI=1S/C17H34N2O/c1-3-4-5-6-7-8-9-10-13-19-14-11-12-17(15-19)18-16(2)20/h17H,3-15H2,1-2H3,(H,18,20)/t17-/m1/s1. The van der Waals surface area contributed by atoms with E-state index in [4.69, 9.17) is 0 Å². The van der Waals surface area contributed by atoms with Gasteiger partial charge in [-0.15, -0.1) is 0 Å². The van der Waals surface area contributed by atoms with Gasteiger partial charge >= 0.3 is 0 Å². The number of hydrogen-bond donors (Lipinski definition) is 1. The Hall–Kier alpha value is -0.570. The number of piperidine rings is 1. The molecule has 0 saturated carbocycles. The molecule has 1 amide bonds. The minimum Gasteiger partial charge on any atom is -0.352 e. The predicted molar refractivity (Wildman–Crippen MR) is 85.9 cm³/mol. The van der Waals surface area contributed by atoms with E-state index in [9.17, 15) is 4.79 Å². The van der Waals surface area contributed by atoms with Crippen LogP contribution < -0.4 is 5.32 Å². The summed E-state index contributed by atoms with van der Waals surface area (Å²) in [5, 5.41) is 3.06. The SMILES string of the molecule is CCCCCCCCCCN1CCC[C@@H](NC(C)=O)C1. The highest BCUT2D eigenvalue weighted by atomic mass is 16.1. The third-order valence-corrected chi connectivity index (χ3v) is 4.24. The molecule has 1 heterocycles. The first-order chi connectivity index (χ1) is 9.72. The predicted octanol–water partition coefficient (Wildman–Crippen LogP) is 3.73. The summed E-state index contributed by atoms with van der Waals surface area (Å²) in [7, 11) is 0. The zero-order valence-corrected chi connectivity index (χ0v) is 13.6. The largest absolute Gasteiger partial charge is 0.352 e. The first-order valence-corrected chi connectivity index (χ1v) is 8.72. The van der Waals surface area contributed by atoms with Crippen LogP contribution in [0.15, 0.2) is 0 Å². The van der Waals surface area contributed by atoms with Crippen LogP contribution in [0.1, 0.15) is 78.1 Å². The second kappa shape index (κ2) is 11.1. The molecule has 0 radical (unpaired) electrons. The van der Waals surface area contributed by atoms with E-state index in [0.29, 0.717) is 6.04 Å². The highest BCUT2D eigenvalue weighted by Gasteiger charge is 2.19. The third kappa shape index (κ3) is 8.57. The van der Waals surface area contributed by atoms with Gasteiger partial charge in [0.15, 0.2) is 0 Å². The van der Waals surface area contributed by atoms with Crippen molar-refractivity contribution >= 4 is 5.91 Å². The maximum absolute atomic E-state index is 11.1. The van der Waals surface area contributed by atoms with Crippen molar-refractivity contribution in [1.29, 1.82) is 0 Å². The number of rotatable bonds is 10. The normalized spacial score (nSPS) is 20.0. The average molecular weight is 282 g/mol. The Morgan fingerprint density at radius 1 is 1.10 bits per heavy atom. The van der Waals surface area contributed by atoms with Crippen molar-refractivity contribution in [3.05, 3.63) is 0 Å². The van der Waals surface area contributed by atoms with Gasteiger partial charge in [0.1, 0.15) is 0 Å². The quantitative estimate of drug-likeness (QED) is 0.619. The van der Waals surface area contributed by atoms with Crippen LogP contribution in [0.25, 0.3) is 0 Å². The van der Waals surface area contributed by atoms with Gasteiger partial charge in [-0.05, 0) is 32.4 Å². The molecular formula is C17H34N2O. The first kappa shape index (κ1) is 17.5. The summed E-state index contributed by atoms with van der Waals surface area (Å²) in [6.07, 6.45) is 13.4. The van der Waals surface area contributed by atoms with Gasteiger partial charge < -0.3 is 10.2 Å². The lowest BCUT2D eigenvalue weighted by Gasteiger charge is -2.32. The first-order valence-electron chi connectivity index (χ1n) is 8.72. The Bertz CT molecular complexity index is 255. The molecule has 0 aromatic rings. The van der Waals surface area contributed by atoms with E-state index < -0.39 is 0 Å². The number of carbonyl (C=O) groups is 1. The van der Waals surface area contributed by atoms with Gasteiger partial charge in [-0.3, -0.25) is 4.79 Å². The third-order valence-electron chi connectivity index (χ3n) is 4.24. The molecule has 0 aromatic carbocycles. The van der Waals surface area contributed by atoms with Crippen LogP contribution in [0, 0.1) is 0 Å². The number of nitrogens with one attached hydrogen (secondary N) is 1. The molecule has 1 N–H and O–H groups in total. The molecule has 0 spiro atoms. The van der Waals surface area contributed by atoms with Crippen molar-refractivity contribution in [2.75, 3.05) is 19.6 Å². The number of nitrogens with zero attached hydrogens (tertiary/aromatic N) is 1. The van der Waals surface area contributed by atoms with Crippen molar-refractivity contribution in [2.45, 2.75) is 84.1 Å². The summed E-state index contributed by atoms with van der Waals surface area (Å²) >= 11 is 0. The smallest absolute Gasteiger partial charge is 0.217 e. The van der Waals surface area contributed by atoms with Crippen molar-refractivity contribution in [3.8, 4) is 0 Å². The number of likely N-dealkylation sites (tertiary alicyclic amines) is 1. The van der Waals surface area contributed by atoms with Gasteiger partial charge in [-0.1, -0.05) is 51.9 Å². The van der Waals surface area contributed by atoms with Gasteiger partial charge in [0, 0.05) is 19.5 Å². The molecule has 3 nitrogen and oxygen atoms in total. The van der Waals surface area contributed by atoms with Crippen LogP contribution in [0.4, 0.5) is 0 Å². The fourth-order valence-corrected chi connectivity index (χ4v) is 3.13. The molecule has 0 aliphatic carbocycles. The highest BCUT2D eigenvalue weighted by molar-refractivity contribution is 5.73. The number of unbranched alkanes of at least 4 members (excludes halogenated alkanes) is 7. The summed E-state index contributed by atoms with van der Waals surface area (Å²) in [6, 6.07) is 0.385. The van der Waals surface area contributed by atoms with Crippen molar-refractivity contribution in [2.24, 2.45) is 0 Å². The number of amides is 1. The molecule has 1 aliphatic heterocycles. The molecule has 1 aliphatic rings. The van der Waals surface area contributed by atoms with Crippen molar-refractivity contribution in [1.82, 2.24) is 10.2 Å². The fourth-order valence-electron chi connectivity index (χ4n) is 3.13. The number of carbonyl (C=O) groups excluding carboxylic acids is 1. The van der Waals surface area contributed by atoms with E-state index in [1.165, 1.54) is 70.9 Å². The Morgan fingerprint density at radius 3 is 2.40 bits per heavy atom. The lowest BCUT2D eigenvalue weighted by molar-refractivity contribution is -0.120. The summed E-state index contributed by atoms with van der Waals surface area (Å²) in [6.45, 7) is 7.37. The zero-order valence-electron chi connectivity index (χ0n) is 13.6. The van der Waals surface area contributed by atoms with Crippen LogP contribution in [-0.4, -0.2) is 36.5 Å². The van der Waals surface area contributed by atoms with Gasteiger partial charge in [-0.2, -0.15) is 0 Å². The van der Waals surface area contributed by atoms with E-state index >= 15 is 0 Å². The zero-order chi connectivity index (χ0) is 14.6. The van der Waals surface area contributed by atoms with Gasteiger partial charge in [-0.25, -0.2) is 0 Å².